The van der Waals surface area contributed by atoms with Crippen LogP contribution in [-0.4, -0.2) is 48.4 Å². The van der Waals surface area contributed by atoms with Gasteiger partial charge >= 0.3 is 5.97 Å². The lowest BCUT2D eigenvalue weighted by Gasteiger charge is -2.45. The van der Waals surface area contributed by atoms with Gasteiger partial charge in [-0.15, -0.1) is 0 Å². The fourth-order valence-corrected chi connectivity index (χ4v) is 5.45. The molecule has 1 heterocycles. The van der Waals surface area contributed by atoms with Crippen molar-refractivity contribution in [2.75, 3.05) is 6.61 Å². The molecule has 8 nitrogen and oxygen atoms in total. The number of aromatic hydroxyl groups is 1. The zero-order valence-corrected chi connectivity index (χ0v) is 26.4. The fraction of sp³-hybridized carbons (Fsp3) is 0.225. The summed E-state index contributed by atoms with van der Waals surface area (Å²) in [5.41, 5.74) is 3.28. The number of benzene rings is 5. The van der Waals surface area contributed by atoms with E-state index in [4.69, 9.17) is 28.4 Å². The summed E-state index contributed by atoms with van der Waals surface area (Å²) >= 11 is 0. The van der Waals surface area contributed by atoms with Crippen LogP contribution in [0.2, 0.25) is 0 Å². The van der Waals surface area contributed by atoms with Crippen molar-refractivity contribution in [2.45, 2.75) is 50.5 Å². The molecule has 1 saturated heterocycles. The van der Waals surface area contributed by atoms with E-state index >= 15 is 0 Å². The molecule has 1 unspecified atom stereocenters. The highest BCUT2D eigenvalue weighted by Crippen LogP contribution is 2.33. The zero-order valence-electron chi connectivity index (χ0n) is 26.4. The summed E-state index contributed by atoms with van der Waals surface area (Å²) in [4.78, 5) is 13.6. The molecule has 1 fully saturated rings. The number of esters is 1. The maximum atomic E-state index is 13.6. The van der Waals surface area contributed by atoms with Crippen LogP contribution >= 0.6 is 0 Å². The first-order valence-electron chi connectivity index (χ1n) is 15.9. The molecule has 1 aliphatic heterocycles. The fourth-order valence-electron chi connectivity index (χ4n) is 5.45. The van der Waals surface area contributed by atoms with Crippen LogP contribution < -0.4 is 4.74 Å². The minimum absolute atomic E-state index is 0.0876. The highest BCUT2D eigenvalue weighted by atomic mass is 16.7. The van der Waals surface area contributed by atoms with E-state index in [2.05, 4.69) is 0 Å². The molecule has 5 aromatic rings. The Labute approximate surface area is 280 Å². The van der Waals surface area contributed by atoms with Gasteiger partial charge in [0.05, 0.1) is 32.0 Å². The Morgan fingerprint density at radius 3 is 1.65 bits per heavy atom. The van der Waals surface area contributed by atoms with Crippen LogP contribution in [0.25, 0.3) is 0 Å². The van der Waals surface area contributed by atoms with Gasteiger partial charge in [0, 0.05) is 0 Å². The second kappa shape index (κ2) is 16.7. The molecule has 0 aliphatic carbocycles. The van der Waals surface area contributed by atoms with E-state index in [1.54, 1.807) is 36.4 Å². The van der Waals surface area contributed by atoms with Gasteiger partial charge < -0.3 is 33.5 Å². The number of phenols is 1. The topological polar surface area (TPSA) is 92.7 Å². The SMILES string of the molecule is O=C(O[C@@H]1C(Oc2ccc(O)cc2)O[C@H](COCc2ccccc2)[C@@H](OCc2ccccc2)[C@@H]1OCc1ccccc1)c1ccccc1. The van der Waals surface area contributed by atoms with Crippen molar-refractivity contribution in [3.05, 3.63) is 168 Å². The molecule has 48 heavy (non-hydrogen) atoms. The summed E-state index contributed by atoms with van der Waals surface area (Å²) in [6.07, 6.45) is -4.39. The normalized spacial score (nSPS) is 20.5. The third-order valence-corrected chi connectivity index (χ3v) is 7.90. The van der Waals surface area contributed by atoms with Crippen molar-refractivity contribution in [3.63, 3.8) is 0 Å². The predicted molar refractivity (Wildman–Crippen MR) is 179 cm³/mol. The largest absolute Gasteiger partial charge is 0.508 e. The molecule has 0 bridgehead atoms. The first-order valence-corrected chi connectivity index (χ1v) is 15.9. The standard InChI is InChI=1S/C40H38O8/c41-33-21-23-34(24-22-33)46-40-38(48-39(42)32-19-11-4-12-20-32)37(45-27-31-17-9-3-10-18-31)36(44-26-30-15-7-2-8-16-30)35(47-40)28-43-25-29-13-5-1-6-14-29/h1-24,35-38,40-41H,25-28H2/t35-,36-,37+,38+,40?/m1/s1. The van der Waals surface area contributed by atoms with Crippen LogP contribution in [0.15, 0.2) is 146 Å². The third kappa shape index (κ3) is 9.08. The number of hydrogen-bond acceptors (Lipinski definition) is 8. The van der Waals surface area contributed by atoms with E-state index in [1.807, 2.05) is 97.1 Å². The number of phenolic OH excluding ortho intramolecular Hbond substituents is 1. The monoisotopic (exact) mass is 646 g/mol. The van der Waals surface area contributed by atoms with E-state index in [0.717, 1.165) is 16.7 Å². The Bertz CT molecular complexity index is 1670. The Morgan fingerprint density at radius 2 is 1.08 bits per heavy atom. The van der Waals surface area contributed by atoms with E-state index in [-0.39, 0.29) is 25.6 Å². The summed E-state index contributed by atoms with van der Waals surface area (Å²) in [7, 11) is 0. The van der Waals surface area contributed by atoms with Gasteiger partial charge in [-0.05, 0) is 53.1 Å². The number of carbonyl (C=O) groups excluding carboxylic acids is 1. The van der Waals surface area contributed by atoms with Crippen molar-refractivity contribution < 1.29 is 38.3 Å². The summed E-state index contributed by atoms with van der Waals surface area (Å²) < 4.78 is 38.6. The van der Waals surface area contributed by atoms with Crippen molar-refractivity contribution in [2.24, 2.45) is 0 Å². The van der Waals surface area contributed by atoms with Gasteiger partial charge in [0.1, 0.15) is 29.8 Å². The molecular weight excluding hydrogens is 608 g/mol. The van der Waals surface area contributed by atoms with Crippen LogP contribution in [0.5, 0.6) is 11.5 Å². The van der Waals surface area contributed by atoms with Gasteiger partial charge in [-0.3, -0.25) is 0 Å². The number of hydrogen-bond donors (Lipinski definition) is 1. The molecule has 0 saturated carbocycles. The van der Waals surface area contributed by atoms with Gasteiger partial charge in [0.2, 0.25) is 6.29 Å². The zero-order chi connectivity index (χ0) is 33.0. The van der Waals surface area contributed by atoms with Crippen molar-refractivity contribution in [1.29, 1.82) is 0 Å². The quantitative estimate of drug-likeness (QED) is 0.128. The molecule has 0 radical (unpaired) electrons. The molecule has 1 aliphatic rings. The lowest BCUT2D eigenvalue weighted by atomic mass is 9.97. The Kier molecular flexibility index (Phi) is 11.5. The van der Waals surface area contributed by atoms with E-state index in [9.17, 15) is 9.90 Å². The van der Waals surface area contributed by atoms with Crippen LogP contribution in [0.4, 0.5) is 0 Å². The predicted octanol–water partition coefficient (Wildman–Crippen LogP) is 7.11. The minimum Gasteiger partial charge on any atom is -0.508 e. The van der Waals surface area contributed by atoms with Gasteiger partial charge in [0.25, 0.3) is 0 Å². The van der Waals surface area contributed by atoms with Crippen LogP contribution in [0.1, 0.15) is 27.0 Å². The first kappa shape index (κ1) is 32.9. The highest BCUT2D eigenvalue weighted by Gasteiger charge is 2.51. The third-order valence-electron chi connectivity index (χ3n) is 7.90. The molecule has 1 N–H and O–H groups in total. The molecule has 0 aromatic heterocycles. The second-order valence-corrected chi connectivity index (χ2v) is 11.4. The van der Waals surface area contributed by atoms with Crippen LogP contribution in [0.3, 0.4) is 0 Å². The highest BCUT2D eigenvalue weighted by molar-refractivity contribution is 5.89. The molecule has 8 heteroatoms. The first-order chi connectivity index (χ1) is 23.6. The smallest absolute Gasteiger partial charge is 0.338 e. The number of rotatable bonds is 14. The van der Waals surface area contributed by atoms with Crippen molar-refractivity contribution >= 4 is 5.97 Å². The Hall–Kier alpha value is -4.99. The van der Waals surface area contributed by atoms with Gasteiger partial charge in [-0.1, -0.05) is 109 Å². The van der Waals surface area contributed by atoms with Gasteiger partial charge in [-0.25, -0.2) is 4.79 Å². The lowest BCUT2D eigenvalue weighted by Crippen LogP contribution is -2.63. The summed E-state index contributed by atoms with van der Waals surface area (Å²) in [6, 6.07) is 44.4. The van der Waals surface area contributed by atoms with E-state index < -0.39 is 36.7 Å². The number of carbonyl (C=O) groups is 1. The molecule has 0 amide bonds. The lowest BCUT2D eigenvalue weighted by molar-refractivity contribution is -0.298. The molecule has 5 aromatic carbocycles. The molecule has 6 rings (SSSR count). The van der Waals surface area contributed by atoms with Crippen molar-refractivity contribution in [1.82, 2.24) is 0 Å². The maximum Gasteiger partial charge on any atom is 0.338 e. The molecule has 0 spiro atoms. The van der Waals surface area contributed by atoms with Crippen molar-refractivity contribution in [3.8, 4) is 11.5 Å². The Morgan fingerprint density at radius 1 is 0.583 bits per heavy atom. The minimum atomic E-state index is -1.11. The molecule has 5 atom stereocenters. The maximum absolute atomic E-state index is 13.6. The Balaban J connectivity index is 1.34. The van der Waals surface area contributed by atoms with Crippen LogP contribution in [0, 0.1) is 0 Å². The summed E-state index contributed by atoms with van der Waals surface area (Å²) in [6.45, 7) is 0.990. The average molecular weight is 647 g/mol. The molecular formula is C40H38O8. The van der Waals surface area contributed by atoms with E-state index in [0.29, 0.717) is 17.9 Å². The second-order valence-electron chi connectivity index (χ2n) is 11.4. The summed E-state index contributed by atoms with van der Waals surface area (Å²) in [5, 5.41) is 9.89. The average Bonchev–Trinajstić information content (AvgIpc) is 3.14. The van der Waals surface area contributed by atoms with Gasteiger partial charge in [0.15, 0.2) is 6.10 Å². The summed E-state index contributed by atoms with van der Waals surface area (Å²) in [5.74, 6) is -0.0602. The van der Waals surface area contributed by atoms with Crippen LogP contribution in [-0.2, 0) is 43.5 Å². The van der Waals surface area contributed by atoms with Gasteiger partial charge in [-0.2, -0.15) is 0 Å². The molecule has 246 valence electrons. The number of ether oxygens (including phenoxy) is 6. The van der Waals surface area contributed by atoms with E-state index in [1.165, 1.54) is 12.1 Å².